The van der Waals surface area contributed by atoms with Gasteiger partial charge in [-0.1, -0.05) is 0 Å². The van der Waals surface area contributed by atoms with E-state index in [1.807, 2.05) is 0 Å². The van der Waals surface area contributed by atoms with Crippen molar-refractivity contribution in [2.45, 2.75) is 23.6 Å². The fraction of sp³-hybridized carbons (Fsp3) is 0.375. The van der Waals surface area contributed by atoms with Gasteiger partial charge in [0, 0.05) is 12.5 Å². The Hall–Kier alpha value is -1.52. The third kappa shape index (κ3) is 3.48. The van der Waals surface area contributed by atoms with E-state index in [1.165, 1.54) is 6.92 Å². The molecule has 0 aliphatic heterocycles. The summed E-state index contributed by atoms with van der Waals surface area (Å²) in [5.74, 6) is -2.09. The van der Waals surface area contributed by atoms with E-state index in [-0.39, 0.29) is 6.42 Å². The number of carboxylic acid groups (broad SMARTS) is 1. The summed E-state index contributed by atoms with van der Waals surface area (Å²) in [6.45, 7) is 1.45. The van der Waals surface area contributed by atoms with Gasteiger partial charge in [-0.2, -0.15) is 0 Å². The van der Waals surface area contributed by atoms with Crippen LogP contribution in [0.4, 0.5) is 0 Å². The Morgan fingerprint density at radius 2 is 2.22 bits per heavy atom. The monoisotopic (exact) mass is 293 g/mol. The molecule has 1 aromatic rings. The van der Waals surface area contributed by atoms with Crippen LogP contribution in [0, 0.1) is 0 Å². The van der Waals surface area contributed by atoms with Gasteiger partial charge in [0.2, 0.25) is 5.91 Å². The van der Waals surface area contributed by atoms with Crippen LogP contribution in [0.3, 0.4) is 0 Å². The SMILES string of the molecule is CC(CC(N)=O)NS(=O)(=O)c1scnc1C(=O)O. The number of rotatable bonds is 6. The lowest BCUT2D eigenvalue weighted by Crippen LogP contribution is -2.35. The summed E-state index contributed by atoms with van der Waals surface area (Å²) in [4.78, 5) is 24.9. The molecule has 1 heterocycles. The number of nitrogens with zero attached hydrogens (tertiary/aromatic N) is 1. The predicted octanol–water partition coefficient (Wildman–Crippen LogP) is -0.616. The minimum absolute atomic E-state index is 0.180. The maximum Gasteiger partial charge on any atom is 0.356 e. The van der Waals surface area contributed by atoms with Crippen molar-refractivity contribution in [2.75, 3.05) is 0 Å². The molecule has 1 rings (SSSR count). The highest BCUT2D eigenvalue weighted by Crippen LogP contribution is 2.20. The molecule has 1 unspecified atom stereocenters. The second kappa shape index (κ2) is 5.42. The van der Waals surface area contributed by atoms with E-state index in [4.69, 9.17) is 10.8 Å². The van der Waals surface area contributed by atoms with Gasteiger partial charge in [0.1, 0.15) is 0 Å². The molecule has 0 saturated carbocycles. The first-order chi connectivity index (χ1) is 8.24. The molecule has 0 radical (unpaired) electrons. The summed E-state index contributed by atoms with van der Waals surface area (Å²) in [6.07, 6.45) is -0.180. The lowest BCUT2D eigenvalue weighted by molar-refractivity contribution is -0.118. The summed E-state index contributed by atoms with van der Waals surface area (Å²) >= 11 is 0.687. The zero-order valence-electron chi connectivity index (χ0n) is 9.28. The first-order valence-corrected chi connectivity index (χ1v) is 7.07. The third-order valence-electron chi connectivity index (χ3n) is 1.85. The minimum atomic E-state index is -4.02. The van der Waals surface area contributed by atoms with Gasteiger partial charge < -0.3 is 10.8 Å². The summed E-state index contributed by atoms with van der Waals surface area (Å²) < 4.78 is 25.5. The Bertz CT molecular complexity index is 565. The molecule has 0 spiro atoms. The largest absolute Gasteiger partial charge is 0.476 e. The van der Waals surface area contributed by atoms with Gasteiger partial charge in [0.15, 0.2) is 9.90 Å². The predicted molar refractivity (Wildman–Crippen MR) is 62.7 cm³/mol. The normalized spacial score (nSPS) is 13.2. The van der Waals surface area contributed by atoms with Crippen LogP contribution < -0.4 is 10.5 Å². The highest BCUT2D eigenvalue weighted by molar-refractivity contribution is 7.91. The maximum atomic E-state index is 11.9. The average molecular weight is 293 g/mol. The van der Waals surface area contributed by atoms with Crippen LogP contribution in [-0.4, -0.2) is 36.4 Å². The van der Waals surface area contributed by atoms with E-state index >= 15 is 0 Å². The minimum Gasteiger partial charge on any atom is -0.476 e. The average Bonchev–Trinajstić information content (AvgIpc) is 2.63. The van der Waals surface area contributed by atoms with Gasteiger partial charge in [-0.25, -0.2) is 22.9 Å². The van der Waals surface area contributed by atoms with Crippen molar-refractivity contribution in [3.05, 3.63) is 11.2 Å². The highest BCUT2D eigenvalue weighted by Gasteiger charge is 2.27. The number of nitrogens with two attached hydrogens (primary N) is 1. The van der Waals surface area contributed by atoms with Gasteiger partial charge >= 0.3 is 5.97 Å². The molecule has 8 nitrogen and oxygen atoms in total. The maximum absolute atomic E-state index is 11.9. The Balaban J connectivity index is 2.96. The zero-order valence-corrected chi connectivity index (χ0v) is 10.9. The van der Waals surface area contributed by atoms with Crippen LogP contribution >= 0.6 is 11.3 Å². The van der Waals surface area contributed by atoms with Crippen molar-refractivity contribution in [1.82, 2.24) is 9.71 Å². The summed E-state index contributed by atoms with van der Waals surface area (Å²) in [6, 6.07) is -0.726. The third-order valence-corrected chi connectivity index (χ3v) is 4.80. The number of carbonyl (C=O) groups excluding carboxylic acids is 1. The molecular weight excluding hydrogens is 282 g/mol. The second-order valence-corrected chi connectivity index (χ2v) is 6.25. The topological polar surface area (TPSA) is 139 Å². The first kappa shape index (κ1) is 14.5. The molecule has 0 bridgehead atoms. The van der Waals surface area contributed by atoms with Crippen molar-refractivity contribution in [3.63, 3.8) is 0 Å². The Kier molecular flexibility index (Phi) is 4.38. The van der Waals surface area contributed by atoms with Crippen LogP contribution in [0.2, 0.25) is 0 Å². The Labute approximate surface area is 107 Å². The van der Waals surface area contributed by atoms with Gasteiger partial charge in [0.25, 0.3) is 10.0 Å². The van der Waals surface area contributed by atoms with E-state index in [0.717, 1.165) is 5.51 Å². The standard InChI is InChI=1S/C8H11N3O5S2/c1-4(2-5(9)12)11-18(15,16)8-6(7(13)14)10-3-17-8/h3-4,11H,2H2,1H3,(H2,9,12)(H,13,14). The lowest BCUT2D eigenvalue weighted by Gasteiger charge is -2.11. The Morgan fingerprint density at radius 1 is 1.61 bits per heavy atom. The van der Waals surface area contributed by atoms with Crippen LogP contribution in [0.1, 0.15) is 23.8 Å². The fourth-order valence-electron chi connectivity index (χ4n) is 1.23. The van der Waals surface area contributed by atoms with Crippen LogP contribution in [0.5, 0.6) is 0 Å². The van der Waals surface area contributed by atoms with Crippen LogP contribution in [0.15, 0.2) is 9.72 Å². The number of carboxylic acids is 1. The van der Waals surface area contributed by atoms with Crippen molar-refractivity contribution in [1.29, 1.82) is 0 Å². The molecule has 0 aliphatic carbocycles. The molecule has 0 fully saturated rings. The highest BCUT2D eigenvalue weighted by atomic mass is 32.2. The fourth-order valence-corrected chi connectivity index (χ4v) is 3.63. The van der Waals surface area contributed by atoms with Gasteiger partial charge in [-0.3, -0.25) is 4.79 Å². The van der Waals surface area contributed by atoms with Crippen molar-refractivity contribution >= 4 is 33.2 Å². The first-order valence-electron chi connectivity index (χ1n) is 4.71. The number of hydrogen-bond donors (Lipinski definition) is 3. The molecule has 0 aliphatic rings. The second-order valence-electron chi connectivity index (χ2n) is 3.49. The number of sulfonamides is 1. The van der Waals surface area contributed by atoms with Gasteiger partial charge in [-0.05, 0) is 6.92 Å². The van der Waals surface area contributed by atoms with E-state index in [2.05, 4.69) is 9.71 Å². The molecule has 10 heteroatoms. The molecule has 1 atom stereocenters. The lowest BCUT2D eigenvalue weighted by atomic mass is 10.2. The molecule has 18 heavy (non-hydrogen) atoms. The number of carbonyl (C=O) groups is 2. The number of thiazole rings is 1. The number of primary amides is 1. The van der Waals surface area contributed by atoms with Crippen molar-refractivity contribution in [2.24, 2.45) is 5.73 Å². The molecule has 4 N–H and O–H groups in total. The van der Waals surface area contributed by atoms with E-state index < -0.39 is 37.8 Å². The van der Waals surface area contributed by atoms with E-state index in [9.17, 15) is 18.0 Å². The number of aromatic nitrogens is 1. The van der Waals surface area contributed by atoms with E-state index in [0.29, 0.717) is 11.3 Å². The van der Waals surface area contributed by atoms with Gasteiger partial charge in [-0.15, -0.1) is 11.3 Å². The number of aromatic carboxylic acids is 1. The van der Waals surface area contributed by atoms with E-state index in [1.54, 1.807) is 0 Å². The van der Waals surface area contributed by atoms with Gasteiger partial charge in [0.05, 0.1) is 5.51 Å². The molecule has 1 amide bonds. The zero-order chi connectivity index (χ0) is 13.9. The summed E-state index contributed by atoms with van der Waals surface area (Å²) in [5, 5.41) is 8.78. The molecular formula is C8H11N3O5S2. The summed E-state index contributed by atoms with van der Waals surface area (Å²) in [5.41, 5.74) is 5.51. The molecule has 100 valence electrons. The van der Waals surface area contributed by atoms with Crippen molar-refractivity contribution < 1.29 is 23.1 Å². The summed E-state index contributed by atoms with van der Waals surface area (Å²) in [7, 11) is -4.02. The molecule has 1 aromatic heterocycles. The molecule has 0 saturated heterocycles. The smallest absolute Gasteiger partial charge is 0.356 e. The number of amides is 1. The number of nitrogens with one attached hydrogen (secondary N) is 1. The molecule has 0 aromatic carbocycles. The Morgan fingerprint density at radius 3 is 2.72 bits per heavy atom. The van der Waals surface area contributed by atoms with Crippen molar-refractivity contribution in [3.8, 4) is 0 Å². The van der Waals surface area contributed by atoms with Crippen LogP contribution in [0.25, 0.3) is 0 Å². The quantitative estimate of drug-likeness (QED) is 0.639. The van der Waals surface area contributed by atoms with Crippen LogP contribution in [-0.2, 0) is 14.8 Å². The number of hydrogen-bond acceptors (Lipinski definition) is 6.